The zero-order valence-corrected chi connectivity index (χ0v) is 7.72. The smallest absolute Gasteiger partial charge is 0.143 e. The molecule has 0 radical (unpaired) electrons. The molecule has 2 aliphatic carbocycles. The van der Waals surface area contributed by atoms with Gasteiger partial charge < -0.3 is 5.11 Å². The summed E-state index contributed by atoms with van der Waals surface area (Å²) >= 11 is 0. The van der Waals surface area contributed by atoms with Crippen molar-refractivity contribution in [3.05, 3.63) is 11.3 Å². The van der Waals surface area contributed by atoms with Crippen molar-refractivity contribution >= 4 is 5.78 Å². The molecule has 0 aromatic heterocycles. The molecule has 2 atom stereocenters. The van der Waals surface area contributed by atoms with Gasteiger partial charge in [0, 0.05) is 6.42 Å². The van der Waals surface area contributed by atoms with Crippen LogP contribution in [0.1, 0.15) is 27.2 Å². The molecule has 12 heavy (non-hydrogen) atoms. The second-order valence-corrected chi connectivity index (χ2v) is 4.47. The topological polar surface area (TPSA) is 37.3 Å². The molecule has 0 saturated heterocycles. The number of hydrogen-bond acceptors (Lipinski definition) is 2. The van der Waals surface area contributed by atoms with Gasteiger partial charge >= 0.3 is 0 Å². The van der Waals surface area contributed by atoms with Crippen molar-refractivity contribution in [2.24, 2.45) is 17.3 Å². The highest BCUT2D eigenvalue weighted by Crippen LogP contribution is 2.63. The lowest BCUT2D eigenvalue weighted by Gasteiger charge is -2.12. The third kappa shape index (κ3) is 0.728. The Hall–Kier alpha value is -0.790. The summed E-state index contributed by atoms with van der Waals surface area (Å²) in [5.74, 6) is 0.618. The highest BCUT2D eigenvalue weighted by atomic mass is 16.3. The van der Waals surface area contributed by atoms with Crippen LogP contribution in [0.25, 0.3) is 0 Å². The van der Waals surface area contributed by atoms with E-state index in [1.54, 1.807) is 6.92 Å². The van der Waals surface area contributed by atoms with Crippen LogP contribution in [0, 0.1) is 17.3 Å². The van der Waals surface area contributed by atoms with Crippen molar-refractivity contribution in [1.82, 2.24) is 0 Å². The number of ketones is 1. The number of allylic oxidation sites excluding steroid dienone is 2. The molecule has 1 N–H and O–H groups in total. The van der Waals surface area contributed by atoms with E-state index >= 15 is 0 Å². The van der Waals surface area contributed by atoms with E-state index in [1.165, 1.54) is 0 Å². The molecule has 2 unspecified atom stereocenters. The van der Waals surface area contributed by atoms with Crippen LogP contribution in [0.15, 0.2) is 11.3 Å². The number of carbonyl (C=O) groups excluding carboxylic acids is 1. The van der Waals surface area contributed by atoms with Crippen LogP contribution < -0.4 is 0 Å². The average molecular weight is 166 g/mol. The molecule has 2 heteroatoms. The molecular formula is C10H14O2. The first-order valence-electron chi connectivity index (χ1n) is 4.42. The van der Waals surface area contributed by atoms with E-state index in [4.69, 9.17) is 0 Å². The first kappa shape index (κ1) is 7.84. The highest BCUT2D eigenvalue weighted by molar-refractivity contribution is 5.87. The van der Waals surface area contributed by atoms with E-state index in [0.717, 1.165) is 5.57 Å². The van der Waals surface area contributed by atoms with E-state index in [-0.39, 0.29) is 17.1 Å². The van der Waals surface area contributed by atoms with Gasteiger partial charge in [-0.05, 0) is 23.8 Å². The Balaban J connectivity index is 2.42. The summed E-state index contributed by atoms with van der Waals surface area (Å²) in [6.45, 7) is 5.97. The van der Waals surface area contributed by atoms with Gasteiger partial charge in [-0.3, -0.25) is 4.79 Å². The van der Waals surface area contributed by atoms with Crippen LogP contribution in [-0.4, -0.2) is 10.9 Å². The van der Waals surface area contributed by atoms with Crippen molar-refractivity contribution in [2.45, 2.75) is 27.2 Å². The second-order valence-electron chi connectivity index (χ2n) is 4.47. The van der Waals surface area contributed by atoms with Crippen LogP contribution in [0.4, 0.5) is 0 Å². The van der Waals surface area contributed by atoms with Gasteiger partial charge in [-0.2, -0.15) is 0 Å². The van der Waals surface area contributed by atoms with Crippen LogP contribution in [0.5, 0.6) is 0 Å². The predicted molar refractivity (Wildman–Crippen MR) is 45.7 cm³/mol. The Morgan fingerprint density at radius 1 is 1.50 bits per heavy atom. The molecule has 0 aliphatic heterocycles. The molecule has 2 rings (SSSR count). The fourth-order valence-electron chi connectivity index (χ4n) is 2.27. The van der Waals surface area contributed by atoms with Crippen molar-refractivity contribution in [3.8, 4) is 0 Å². The highest BCUT2D eigenvalue weighted by Gasteiger charge is 2.58. The lowest BCUT2D eigenvalue weighted by Crippen LogP contribution is -2.17. The Morgan fingerprint density at radius 3 is 2.67 bits per heavy atom. The molecule has 66 valence electrons. The fraction of sp³-hybridized carbons (Fsp3) is 0.700. The van der Waals surface area contributed by atoms with E-state index in [9.17, 15) is 9.90 Å². The number of fused-ring (bicyclic) bond motifs is 1. The summed E-state index contributed by atoms with van der Waals surface area (Å²) in [6.07, 6.45) is 0.633. The van der Waals surface area contributed by atoms with E-state index in [2.05, 4.69) is 13.8 Å². The summed E-state index contributed by atoms with van der Waals surface area (Å²) in [5, 5.41) is 9.65. The number of Topliss-reactive ketones (excluding diaryl/α,β-unsaturated/α-hetero) is 1. The van der Waals surface area contributed by atoms with E-state index in [1.807, 2.05) is 0 Å². The Morgan fingerprint density at radius 2 is 2.08 bits per heavy atom. The molecule has 1 fully saturated rings. The zero-order chi connectivity index (χ0) is 9.09. The number of aliphatic hydroxyl groups excluding tert-OH is 1. The molecule has 0 aromatic carbocycles. The van der Waals surface area contributed by atoms with Gasteiger partial charge in [0.2, 0.25) is 0 Å². The number of rotatable bonds is 0. The Labute approximate surface area is 72.3 Å². The molecule has 2 nitrogen and oxygen atoms in total. The van der Waals surface area contributed by atoms with Crippen LogP contribution in [0.2, 0.25) is 0 Å². The van der Waals surface area contributed by atoms with Gasteiger partial charge in [-0.1, -0.05) is 13.8 Å². The van der Waals surface area contributed by atoms with Gasteiger partial charge in [-0.25, -0.2) is 0 Å². The van der Waals surface area contributed by atoms with Gasteiger partial charge in [0.25, 0.3) is 0 Å². The average Bonchev–Trinajstić information content (AvgIpc) is 2.49. The van der Waals surface area contributed by atoms with Crippen LogP contribution in [-0.2, 0) is 4.79 Å². The summed E-state index contributed by atoms with van der Waals surface area (Å²) < 4.78 is 0. The Kier molecular flexibility index (Phi) is 1.26. The second kappa shape index (κ2) is 1.93. The predicted octanol–water partition coefficient (Wildman–Crippen LogP) is 2.06. The van der Waals surface area contributed by atoms with Gasteiger partial charge in [0.05, 0.1) is 5.92 Å². The SMILES string of the molecule is CC1C(=O)CC2C(=C1O)C2(C)C. The minimum atomic E-state index is -0.252. The van der Waals surface area contributed by atoms with Crippen LogP contribution in [0.3, 0.4) is 0 Å². The first-order valence-corrected chi connectivity index (χ1v) is 4.42. The summed E-state index contributed by atoms with van der Waals surface area (Å²) in [4.78, 5) is 11.3. The molecule has 0 spiro atoms. The van der Waals surface area contributed by atoms with Crippen molar-refractivity contribution in [1.29, 1.82) is 0 Å². The summed E-state index contributed by atoms with van der Waals surface area (Å²) in [7, 11) is 0. The summed E-state index contributed by atoms with van der Waals surface area (Å²) in [6, 6.07) is 0. The first-order chi connectivity index (χ1) is 5.46. The van der Waals surface area contributed by atoms with E-state index in [0.29, 0.717) is 18.1 Å². The largest absolute Gasteiger partial charge is 0.512 e. The number of hydrogen-bond donors (Lipinski definition) is 1. The minimum absolute atomic E-state index is 0.0878. The standard InChI is InChI=1S/C10H14O2/c1-5-7(11)4-6-8(9(5)12)10(6,2)3/h5-6,12H,4H2,1-3H3. The van der Waals surface area contributed by atoms with Crippen LogP contribution >= 0.6 is 0 Å². The number of carbonyl (C=O) groups is 1. The molecular weight excluding hydrogens is 152 g/mol. The van der Waals surface area contributed by atoms with E-state index < -0.39 is 0 Å². The van der Waals surface area contributed by atoms with Crippen molar-refractivity contribution < 1.29 is 9.90 Å². The third-order valence-corrected chi connectivity index (χ3v) is 3.40. The maximum absolute atomic E-state index is 11.3. The lowest BCUT2D eigenvalue weighted by molar-refractivity contribution is -0.122. The normalized spacial score (nSPS) is 38.1. The molecule has 1 saturated carbocycles. The molecule has 2 aliphatic rings. The van der Waals surface area contributed by atoms with Crippen molar-refractivity contribution in [2.75, 3.05) is 0 Å². The third-order valence-electron chi connectivity index (χ3n) is 3.40. The fourth-order valence-corrected chi connectivity index (χ4v) is 2.27. The zero-order valence-electron chi connectivity index (χ0n) is 7.72. The van der Waals surface area contributed by atoms with Gasteiger partial charge in [0.15, 0.2) is 0 Å². The molecule has 0 bridgehead atoms. The lowest BCUT2D eigenvalue weighted by atomic mass is 9.94. The molecule has 0 heterocycles. The van der Waals surface area contributed by atoms with Gasteiger partial charge in [0.1, 0.15) is 11.5 Å². The Bertz CT molecular complexity index is 286. The van der Waals surface area contributed by atoms with Crippen molar-refractivity contribution in [3.63, 3.8) is 0 Å². The van der Waals surface area contributed by atoms with Gasteiger partial charge in [-0.15, -0.1) is 0 Å². The minimum Gasteiger partial charge on any atom is -0.512 e. The quantitative estimate of drug-likeness (QED) is 0.598. The maximum Gasteiger partial charge on any atom is 0.143 e. The molecule has 0 aromatic rings. The molecule has 0 amide bonds. The summed E-state index contributed by atoms with van der Waals surface area (Å²) in [5.41, 5.74) is 1.21. The number of aliphatic hydroxyl groups is 1. The monoisotopic (exact) mass is 166 g/mol. The maximum atomic E-state index is 11.3.